The van der Waals surface area contributed by atoms with Crippen LogP contribution in [0, 0.1) is 0 Å². The molecule has 104 valence electrons. The van der Waals surface area contributed by atoms with Gasteiger partial charge in [0.25, 0.3) is 0 Å². The number of amides is 1. The lowest BCUT2D eigenvalue weighted by atomic mass is 10.1. The largest absolute Gasteiger partial charge is 0.399 e. The predicted octanol–water partition coefficient (Wildman–Crippen LogP) is 2.69. The van der Waals surface area contributed by atoms with Gasteiger partial charge in [-0.05, 0) is 35.2 Å². The molecule has 0 spiro atoms. The van der Waals surface area contributed by atoms with Crippen molar-refractivity contribution in [3.63, 3.8) is 0 Å². The minimum absolute atomic E-state index is 0.00941. The van der Waals surface area contributed by atoms with Crippen LogP contribution in [0.5, 0.6) is 0 Å². The first kappa shape index (κ1) is 14.1. The number of anilines is 1. The molecule has 3 heteroatoms. The lowest BCUT2D eigenvalue weighted by Crippen LogP contribution is -2.24. The number of benzene rings is 2. The molecule has 0 atom stereocenters. The number of aryl methyl sites for hydroxylation is 1. The van der Waals surface area contributed by atoms with E-state index in [-0.39, 0.29) is 5.91 Å². The Kier molecular flexibility index (Phi) is 4.77. The van der Waals surface area contributed by atoms with Gasteiger partial charge in [-0.1, -0.05) is 43.3 Å². The number of nitrogen functional groups attached to an aromatic ring is 1. The molecule has 0 bridgehead atoms. The van der Waals surface area contributed by atoms with Gasteiger partial charge >= 0.3 is 0 Å². The number of carbonyl (C=O) groups is 1. The molecule has 0 fully saturated rings. The van der Waals surface area contributed by atoms with Crippen molar-refractivity contribution in [1.29, 1.82) is 0 Å². The first-order chi connectivity index (χ1) is 9.67. The second-order valence-corrected chi connectivity index (χ2v) is 4.87. The molecule has 20 heavy (non-hydrogen) atoms. The summed E-state index contributed by atoms with van der Waals surface area (Å²) in [6.07, 6.45) is 1.39. The Labute approximate surface area is 119 Å². The molecule has 0 saturated carbocycles. The van der Waals surface area contributed by atoms with E-state index in [9.17, 15) is 4.79 Å². The molecular weight excluding hydrogens is 248 g/mol. The number of nitrogens with two attached hydrogens (primary N) is 1. The molecule has 3 N–H and O–H groups in total. The third-order valence-corrected chi connectivity index (χ3v) is 3.24. The third kappa shape index (κ3) is 4.12. The van der Waals surface area contributed by atoms with Crippen LogP contribution in [0.15, 0.2) is 48.5 Å². The van der Waals surface area contributed by atoms with Gasteiger partial charge in [0.1, 0.15) is 0 Å². The average Bonchev–Trinajstić information content (AvgIpc) is 2.46. The van der Waals surface area contributed by atoms with Crippen LogP contribution in [-0.2, 0) is 24.2 Å². The summed E-state index contributed by atoms with van der Waals surface area (Å²) in [6.45, 7) is 2.69. The van der Waals surface area contributed by atoms with Gasteiger partial charge in [-0.3, -0.25) is 4.79 Å². The van der Waals surface area contributed by atoms with Crippen molar-refractivity contribution in [3.05, 3.63) is 65.2 Å². The maximum absolute atomic E-state index is 11.9. The molecule has 0 aliphatic heterocycles. The number of carbonyl (C=O) groups excluding carboxylic acids is 1. The zero-order chi connectivity index (χ0) is 14.4. The van der Waals surface area contributed by atoms with Crippen molar-refractivity contribution >= 4 is 11.6 Å². The molecule has 2 rings (SSSR count). The summed E-state index contributed by atoms with van der Waals surface area (Å²) < 4.78 is 0. The molecule has 0 unspecified atom stereocenters. The van der Waals surface area contributed by atoms with Crippen LogP contribution < -0.4 is 11.1 Å². The van der Waals surface area contributed by atoms with Crippen LogP contribution in [0.25, 0.3) is 0 Å². The Hall–Kier alpha value is -2.29. The van der Waals surface area contributed by atoms with Crippen molar-refractivity contribution in [1.82, 2.24) is 5.32 Å². The van der Waals surface area contributed by atoms with E-state index in [1.54, 1.807) is 0 Å². The minimum Gasteiger partial charge on any atom is -0.399 e. The van der Waals surface area contributed by atoms with E-state index in [1.165, 1.54) is 5.56 Å². The first-order valence-corrected chi connectivity index (χ1v) is 6.86. The van der Waals surface area contributed by atoms with E-state index in [2.05, 4.69) is 36.5 Å². The van der Waals surface area contributed by atoms with E-state index in [1.807, 2.05) is 24.3 Å². The Bertz CT molecular complexity index is 576. The van der Waals surface area contributed by atoms with E-state index in [0.717, 1.165) is 17.5 Å². The molecule has 1 amide bonds. The summed E-state index contributed by atoms with van der Waals surface area (Å²) in [4.78, 5) is 11.9. The van der Waals surface area contributed by atoms with Gasteiger partial charge in [0, 0.05) is 12.2 Å². The summed E-state index contributed by atoms with van der Waals surface area (Å²) >= 11 is 0. The quantitative estimate of drug-likeness (QED) is 0.819. The Morgan fingerprint density at radius 2 is 1.75 bits per heavy atom. The van der Waals surface area contributed by atoms with Crippen LogP contribution in [0.1, 0.15) is 23.6 Å². The zero-order valence-corrected chi connectivity index (χ0v) is 11.7. The molecule has 0 radical (unpaired) electrons. The van der Waals surface area contributed by atoms with Crippen LogP contribution in [0.2, 0.25) is 0 Å². The van der Waals surface area contributed by atoms with Crippen LogP contribution in [0.4, 0.5) is 5.69 Å². The molecule has 0 saturated heterocycles. The molecule has 0 aliphatic rings. The second kappa shape index (κ2) is 6.75. The molecule has 0 aliphatic carbocycles. The van der Waals surface area contributed by atoms with Crippen LogP contribution in [0.3, 0.4) is 0 Å². The third-order valence-electron chi connectivity index (χ3n) is 3.24. The van der Waals surface area contributed by atoms with Gasteiger partial charge in [0.15, 0.2) is 0 Å². The van der Waals surface area contributed by atoms with Gasteiger partial charge in [-0.15, -0.1) is 0 Å². The lowest BCUT2D eigenvalue weighted by molar-refractivity contribution is -0.120. The highest BCUT2D eigenvalue weighted by molar-refractivity contribution is 5.78. The number of nitrogens with one attached hydrogen (secondary N) is 1. The highest BCUT2D eigenvalue weighted by Gasteiger charge is 2.03. The van der Waals surface area contributed by atoms with E-state index in [0.29, 0.717) is 18.7 Å². The Balaban J connectivity index is 1.85. The molecule has 0 heterocycles. The van der Waals surface area contributed by atoms with Crippen molar-refractivity contribution < 1.29 is 4.79 Å². The maximum atomic E-state index is 11.9. The molecule has 2 aromatic rings. The fraction of sp³-hybridized carbons (Fsp3) is 0.235. The monoisotopic (exact) mass is 268 g/mol. The zero-order valence-electron chi connectivity index (χ0n) is 11.7. The van der Waals surface area contributed by atoms with Crippen molar-refractivity contribution in [2.45, 2.75) is 26.3 Å². The minimum atomic E-state index is 0.00941. The summed E-state index contributed by atoms with van der Waals surface area (Å²) in [5.41, 5.74) is 9.73. The standard InChI is InChI=1S/C17H20N2O/c1-2-13-6-8-14(9-7-13)12-19-17(20)11-15-4-3-5-16(18)10-15/h3-10H,2,11-12,18H2,1H3,(H,19,20). The second-order valence-electron chi connectivity index (χ2n) is 4.87. The lowest BCUT2D eigenvalue weighted by Gasteiger charge is -2.07. The highest BCUT2D eigenvalue weighted by Crippen LogP contribution is 2.08. The van der Waals surface area contributed by atoms with Crippen LogP contribution >= 0.6 is 0 Å². The smallest absolute Gasteiger partial charge is 0.224 e. The maximum Gasteiger partial charge on any atom is 0.224 e. The Morgan fingerprint density at radius 1 is 1.05 bits per heavy atom. The van der Waals surface area contributed by atoms with Crippen molar-refractivity contribution in [2.24, 2.45) is 0 Å². The number of hydrogen-bond donors (Lipinski definition) is 2. The van der Waals surface area contributed by atoms with Gasteiger partial charge in [0.2, 0.25) is 5.91 Å². The van der Waals surface area contributed by atoms with E-state index < -0.39 is 0 Å². The summed E-state index contributed by atoms with van der Waals surface area (Å²) in [5.74, 6) is 0.00941. The van der Waals surface area contributed by atoms with Gasteiger partial charge in [-0.2, -0.15) is 0 Å². The average molecular weight is 268 g/mol. The fourth-order valence-electron chi connectivity index (χ4n) is 2.04. The summed E-state index contributed by atoms with van der Waals surface area (Å²) in [5, 5.41) is 2.92. The fourth-order valence-corrected chi connectivity index (χ4v) is 2.04. The first-order valence-electron chi connectivity index (χ1n) is 6.86. The van der Waals surface area contributed by atoms with E-state index >= 15 is 0 Å². The van der Waals surface area contributed by atoms with Crippen molar-refractivity contribution in [2.75, 3.05) is 5.73 Å². The molecule has 0 aromatic heterocycles. The SMILES string of the molecule is CCc1ccc(CNC(=O)Cc2cccc(N)c2)cc1. The van der Waals surface area contributed by atoms with Gasteiger partial charge in [-0.25, -0.2) is 0 Å². The number of rotatable bonds is 5. The molecule has 2 aromatic carbocycles. The predicted molar refractivity (Wildman–Crippen MR) is 82.2 cm³/mol. The Morgan fingerprint density at radius 3 is 2.40 bits per heavy atom. The van der Waals surface area contributed by atoms with Crippen LogP contribution in [-0.4, -0.2) is 5.91 Å². The summed E-state index contributed by atoms with van der Waals surface area (Å²) in [7, 11) is 0. The van der Waals surface area contributed by atoms with Gasteiger partial charge in [0.05, 0.1) is 6.42 Å². The molecular formula is C17H20N2O. The van der Waals surface area contributed by atoms with Crippen molar-refractivity contribution in [3.8, 4) is 0 Å². The topological polar surface area (TPSA) is 55.1 Å². The molecule has 3 nitrogen and oxygen atoms in total. The number of hydrogen-bond acceptors (Lipinski definition) is 2. The highest BCUT2D eigenvalue weighted by atomic mass is 16.1. The van der Waals surface area contributed by atoms with E-state index in [4.69, 9.17) is 5.73 Å². The van der Waals surface area contributed by atoms with Gasteiger partial charge < -0.3 is 11.1 Å². The normalized spacial score (nSPS) is 10.2. The summed E-state index contributed by atoms with van der Waals surface area (Å²) in [6, 6.07) is 15.7.